The van der Waals surface area contributed by atoms with Gasteiger partial charge in [0.1, 0.15) is 5.65 Å². The van der Waals surface area contributed by atoms with Crippen molar-refractivity contribution in [3.63, 3.8) is 0 Å². The zero-order chi connectivity index (χ0) is 22.2. The van der Waals surface area contributed by atoms with Crippen LogP contribution in [0.1, 0.15) is 27.0 Å². The molecular weight excluding hydrogens is 412 g/mol. The Morgan fingerprint density at radius 3 is 2.73 bits per heavy atom. The van der Waals surface area contributed by atoms with Crippen LogP contribution in [-0.4, -0.2) is 42.1 Å². The Morgan fingerprint density at radius 1 is 1.03 bits per heavy atom. The number of morpholine rings is 1. The lowest BCUT2D eigenvalue weighted by molar-refractivity contribution is 0.104. The fourth-order valence-electron chi connectivity index (χ4n) is 4.64. The van der Waals surface area contributed by atoms with Crippen molar-refractivity contribution in [2.45, 2.75) is 6.42 Å². The van der Waals surface area contributed by atoms with Crippen LogP contribution in [0.4, 0.5) is 17.1 Å². The van der Waals surface area contributed by atoms with Crippen molar-refractivity contribution >= 4 is 40.0 Å². The van der Waals surface area contributed by atoms with Crippen LogP contribution in [0.5, 0.6) is 0 Å². The Hall–Kier alpha value is -3.90. The third-order valence-corrected chi connectivity index (χ3v) is 6.37. The van der Waals surface area contributed by atoms with Crippen LogP contribution in [0.3, 0.4) is 0 Å². The van der Waals surface area contributed by atoms with E-state index in [0.717, 1.165) is 60.6 Å². The molecule has 6 rings (SSSR count). The fourth-order valence-corrected chi connectivity index (χ4v) is 4.64. The number of ketones is 1. The zero-order valence-corrected chi connectivity index (χ0v) is 18.2. The minimum absolute atomic E-state index is 0.0125. The molecule has 1 aliphatic carbocycles. The highest BCUT2D eigenvalue weighted by Crippen LogP contribution is 2.29. The molecule has 0 saturated carbocycles. The van der Waals surface area contributed by atoms with Gasteiger partial charge in [-0.05, 0) is 47.9 Å². The molecule has 2 aliphatic rings. The molecule has 4 aromatic rings. The zero-order valence-electron chi connectivity index (χ0n) is 18.2. The van der Waals surface area contributed by atoms with Gasteiger partial charge in [-0.25, -0.2) is 4.98 Å². The summed E-state index contributed by atoms with van der Waals surface area (Å²) in [6.07, 6.45) is 8.57. The van der Waals surface area contributed by atoms with Crippen molar-refractivity contribution < 1.29 is 9.53 Å². The van der Waals surface area contributed by atoms with Crippen LogP contribution in [-0.2, 0) is 11.2 Å². The summed E-state index contributed by atoms with van der Waals surface area (Å²) in [5.41, 5.74) is 7.31. The minimum atomic E-state index is 0.0125. The monoisotopic (exact) mass is 436 g/mol. The highest BCUT2D eigenvalue weighted by atomic mass is 16.5. The van der Waals surface area contributed by atoms with Gasteiger partial charge in [-0.2, -0.15) is 0 Å². The van der Waals surface area contributed by atoms with Gasteiger partial charge < -0.3 is 19.9 Å². The first kappa shape index (κ1) is 19.8. The van der Waals surface area contributed by atoms with Crippen molar-refractivity contribution in [3.8, 4) is 0 Å². The van der Waals surface area contributed by atoms with Gasteiger partial charge in [-0.15, -0.1) is 0 Å². The van der Waals surface area contributed by atoms with Gasteiger partial charge in [0.2, 0.25) is 0 Å². The van der Waals surface area contributed by atoms with Crippen LogP contribution < -0.4 is 10.2 Å². The van der Waals surface area contributed by atoms with Gasteiger partial charge in [0.15, 0.2) is 5.78 Å². The Kier molecular flexibility index (Phi) is 4.92. The van der Waals surface area contributed by atoms with E-state index in [1.54, 1.807) is 12.4 Å². The van der Waals surface area contributed by atoms with E-state index in [2.05, 4.69) is 56.6 Å². The number of anilines is 3. The number of hydrogen-bond acceptors (Lipinski definition) is 5. The lowest BCUT2D eigenvalue weighted by Gasteiger charge is -2.28. The van der Waals surface area contributed by atoms with Gasteiger partial charge in [0.25, 0.3) is 0 Å². The van der Waals surface area contributed by atoms with E-state index in [1.807, 2.05) is 24.3 Å². The minimum Gasteiger partial charge on any atom is -0.378 e. The summed E-state index contributed by atoms with van der Waals surface area (Å²) < 4.78 is 5.44. The second kappa shape index (κ2) is 8.22. The number of carbonyl (C=O) groups excluding carboxylic acids is 1. The number of rotatable bonds is 5. The summed E-state index contributed by atoms with van der Waals surface area (Å²) in [5.74, 6) is 0.0125. The molecule has 0 spiro atoms. The van der Waals surface area contributed by atoms with Gasteiger partial charge in [-0.1, -0.05) is 30.4 Å². The van der Waals surface area contributed by atoms with E-state index in [1.165, 1.54) is 11.3 Å². The quantitative estimate of drug-likeness (QED) is 0.434. The van der Waals surface area contributed by atoms with E-state index in [-0.39, 0.29) is 5.78 Å². The van der Waals surface area contributed by atoms with Crippen LogP contribution >= 0.6 is 0 Å². The number of pyridine rings is 1. The molecule has 6 nitrogen and oxygen atoms in total. The number of allylic oxidation sites excluding steroid dienone is 1. The lowest BCUT2D eigenvalue weighted by Crippen LogP contribution is -2.36. The summed E-state index contributed by atoms with van der Waals surface area (Å²) in [6, 6.07) is 16.3. The van der Waals surface area contributed by atoms with Gasteiger partial charge in [0.05, 0.1) is 25.1 Å². The molecular formula is C27H24N4O2. The van der Waals surface area contributed by atoms with E-state index in [4.69, 9.17) is 4.74 Å². The number of H-pyrrole nitrogens is 1. The van der Waals surface area contributed by atoms with Gasteiger partial charge in [0, 0.05) is 47.2 Å². The van der Waals surface area contributed by atoms with E-state index >= 15 is 0 Å². The molecule has 0 unspecified atom stereocenters. The van der Waals surface area contributed by atoms with Gasteiger partial charge >= 0.3 is 0 Å². The Balaban J connectivity index is 1.27. The highest BCUT2D eigenvalue weighted by Gasteiger charge is 2.20. The standard InChI is InChI=1S/C27H24N4O2/c32-26(23-6-2-4-18-3-1-5-22(18)23)25-17-29-27-24(25)15-20(16-28-27)30-19-7-9-21(10-8-19)31-11-13-33-14-12-31/h1-2,4-10,15-17,30H,3,11-14H2,(H,28,29). The molecule has 2 N–H and O–H groups in total. The SMILES string of the molecule is O=C(c1cccc2c1C=CC2)c1c[nH]c2ncc(Nc3ccc(N4CCOCC4)cc3)cc12. The molecule has 33 heavy (non-hydrogen) atoms. The van der Waals surface area contributed by atoms with E-state index in [0.29, 0.717) is 11.2 Å². The predicted octanol–water partition coefficient (Wildman–Crippen LogP) is 4.94. The first-order valence-electron chi connectivity index (χ1n) is 11.3. The lowest BCUT2D eigenvalue weighted by atomic mass is 9.96. The number of aromatic amines is 1. The molecule has 1 saturated heterocycles. The summed E-state index contributed by atoms with van der Waals surface area (Å²) in [7, 11) is 0. The molecule has 0 amide bonds. The molecule has 1 fully saturated rings. The van der Waals surface area contributed by atoms with Crippen molar-refractivity contribution in [2.75, 3.05) is 36.5 Å². The number of nitrogens with one attached hydrogen (secondary N) is 2. The smallest absolute Gasteiger partial charge is 0.195 e. The third kappa shape index (κ3) is 3.68. The molecule has 6 heteroatoms. The summed E-state index contributed by atoms with van der Waals surface area (Å²) in [5, 5.41) is 4.24. The van der Waals surface area contributed by atoms with E-state index in [9.17, 15) is 4.79 Å². The van der Waals surface area contributed by atoms with Crippen molar-refractivity contribution in [1.82, 2.24) is 9.97 Å². The number of fused-ring (bicyclic) bond motifs is 2. The number of benzene rings is 2. The normalized spacial score (nSPS) is 15.1. The van der Waals surface area contributed by atoms with Crippen molar-refractivity contribution in [3.05, 3.63) is 89.3 Å². The predicted molar refractivity (Wildman–Crippen MR) is 131 cm³/mol. The maximum atomic E-state index is 13.4. The Labute approximate surface area is 191 Å². The first-order chi connectivity index (χ1) is 16.3. The molecule has 1 aliphatic heterocycles. The van der Waals surface area contributed by atoms with Crippen LogP contribution in [0.15, 0.2) is 67.0 Å². The Morgan fingerprint density at radius 2 is 1.88 bits per heavy atom. The average Bonchev–Trinajstić information content (AvgIpc) is 3.51. The number of nitrogens with zero attached hydrogens (tertiary/aromatic N) is 2. The first-order valence-corrected chi connectivity index (χ1v) is 11.3. The van der Waals surface area contributed by atoms with E-state index < -0.39 is 0 Å². The third-order valence-electron chi connectivity index (χ3n) is 6.37. The van der Waals surface area contributed by atoms with Gasteiger partial charge in [-0.3, -0.25) is 4.79 Å². The average molecular weight is 437 g/mol. The van der Waals surface area contributed by atoms with Crippen LogP contribution in [0.25, 0.3) is 17.1 Å². The highest BCUT2D eigenvalue weighted by molar-refractivity contribution is 6.17. The molecule has 0 radical (unpaired) electrons. The van der Waals surface area contributed by atoms with Crippen LogP contribution in [0, 0.1) is 0 Å². The molecule has 3 heterocycles. The molecule has 0 atom stereocenters. The fraction of sp³-hybridized carbons (Fsp3) is 0.185. The number of hydrogen-bond donors (Lipinski definition) is 2. The largest absolute Gasteiger partial charge is 0.378 e. The maximum absolute atomic E-state index is 13.4. The van der Waals surface area contributed by atoms with Crippen molar-refractivity contribution in [2.24, 2.45) is 0 Å². The number of ether oxygens (including phenoxy) is 1. The molecule has 164 valence electrons. The molecule has 0 bridgehead atoms. The number of aromatic nitrogens is 2. The number of carbonyl (C=O) groups is 1. The Bertz CT molecular complexity index is 1360. The van der Waals surface area contributed by atoms with Crippen LogP contribution in [0.2, 0.25) is 0 Å². The summed E-state index contributed by atoms with van der Waals surface area (Å²) in [6.45, 7) is 3.37. The second-order valence-corrected chi connectivity index (χ2v) is 8.41. The summed E-state index contributed by atoms with van der Waals surface area (Å²) in [4.78, 5) is 23.4. The molecule has 2 aromatic heterocycles. The maximum Gasteiger partial charge on any atom is 0.195 e. The molecule has 2 aromatic carbocycles. The summed E-state index contributed by atoms with van der Waals surface area (Å²) >= 11 is 0. The van der Waals surface area contributed by atoms with Crippen molar-refractivity contribution in [1.29, 1.82) is 0 Å². The topological polar surface area (TPSA) is 70.2 Å². The second-order valence-electron chi connectivity index (χ2n) is 8.41.